The molecule has 0 saturated heterocycles. The average molecular weight is 194 g/mol. The topological polar surface area (TPSA) is 20.2 Å². The van der Waals surface area contributed by atoms with Gasteiger partial charge in [0.1, 0.15) is 0 Å². The highest BCUT2D eigenvalue weighted by molar-refractivity contribution is 5.20. The number of allylic oxidation sites excluding steroid dienone is 1. The van der Waals surface area contributed by atoms with E-state index in [1.807, 2.05) is 6.92 Å². The van der Waals surface area contributed by atoms with Gasteiger partial charge in [-0.3, -0.25) is 0 Å². The van der Waals surface area contributed by atoms with Crippen LogP contribution in [0.25, 0.3) is 0 Å². The Labute approximate surface area is 87.2 Å². The Morgan fingerprint density at radius 3 is 2.64 bits per heavy atom. The van der Waals surface area contributed by atoms with Crippen molar-refractivity contribution >= 4 is 0 Å². The molecule has 0 aromatic carbocycles. The predicted octanol–water partition coefficient (Wildman–Crippen LogP) is 3.43. The molecule has 1 saturated carbocycles. The maximum absolute atomic E-state index is 10.4. The zero-order valence-electron chi connectivity index (χ0n) is 9.26. The average Bonchev–Trinajstić information content (AvgIpc) is 2.83. The van der Waals surface area contributed by atoms with Gasteiger partial charge in [-0.05, 0) is 56.9 Å². The molecule has 2 aliphatic rings. The van der Waals surface area contributed by atoms with Crippen molar-refractivity contribution < 1.29 is 5.11 Å². The van der Waals surface area contributed by atoms with Crippen LogP contribution in [0.2, 0.25) is 0 Å². The van der Waals surface area contributed by atoms with E-state index in [0.29, 0.717) is 5.92 Å². The van der Waals surface area contributed by atoms with Crippen LogP contribution in [0.5, 0.6) is 0 Å². The normalized spacial score (nSPS) is 32.3. The summed E-state index contributed by atoms with van der Waals surface area (Å²) >= 11 is 0. The second-order valence-electron chi connectivity index (χ2n) is 5.10. The molecule has 2 rings (SSSR count). The lowest BCUT2D eigenvalue weighted by atomic mass is 9.85. The van der Waals surface area contributed by atoms with E-state index >= 15 is 0 Å². The summed E-state index contributed by atoms with van der Waals surface area (Å²) in [6.07, 6.45) is 12.4. The van der Waals surface area contributed by atoms with Crippen molar-refractivity contribution in [2.45, 2.75) is 63.9 Å². The SMILES string of the molecule is CC(O)(/C1=C/CCCCCC1)C1CC1. The molecule has 1 atom stereocenters. The summed E-state index contributed by atoms with van der Waals surface area (Å²) < 4.78 is 0. The van der Waals surface area contributed by atoms with E-state index in [2.05, 4.69) is 6.08 Å². The van der Waals surface area contributed by atoms with Crippen LogP contribution in [-0.4, -0.2) is 10.7 Å². The van der Waals surface area contributed by atoms with E-state index in [0.717, 1.165) is 6.42 Å². The first kappa shape index (κ1) is 10.2. The van der Waals surface area contributed by atoms with Gasteiger partial charge in [0.05, 0.1) is 5.60 Å². The molecule has 0 amide bonds. The van der Waals surface area contributed by atoms with E-state index < -0.39 is 5.60 Å². The number of aliphatic hydroxyl groups is 1. The summed E-state index contributed by atoms with van der Waals surface area (Å²) in [5.41, 5.74) is 0.858. The molecule has 1 heteroatoms. The summed E-state index contributed by atoms with van der Waals surface area (Å²) in [5.74, 6) is 0.563. The molecule has 0 spiro atoms. The molecule has 1 N–H and O–H groups in total. The van der Waals surface area contributed by atoms with E-state index in [4.69, 9.17) is 0 Å². The molecule has 1 unspecified atom stereocenters. The molecule has 14 heavy (non-hydrogen) atoms. The zero-order valence-corrected chi connectivity index (χ0v) is 9.26. The van der Waals surface area contributed by atoms with Crippen molar-refractivity contribution in [1.82, 2.24) is 0 Å². The van der Waals surface area contributed by atoms with E-state index in [9.17, 15) is 5.11 Å². The van der Waals surface area contributed by atoms with Gasteiger partial charge in [-0.1, -0.05) is 18.9 Å². The Balaban J connectivity index is 2.05. The Hall–Kier alpha value is -0.300. The van der Waals surface area contributed by atoms with Crippen LogP contribution in [0.3, 0.4) is 0 Å². The Morgan fingerprint density at radius 1 is 1.21 bits per heavy atom. The smallest absolute Gasteiger partial charge is 0.0856 e. The molecule has 0 aliphatic heterocycles. The van der Waals surface area contributed by atoms with Crippen LogP contribution in [0, 0.1) is 5.92 Å². The van der Waals surface area contributed by atoms with Crippen molar-refractivity contribution in [3.05, 3.63) is 11.6 Å². The van der Waals surface area contributed by atoms with Gasteiger partial charge in [0, 0.05) is 0 Å². The van der Waals surface area contributed by atoms with Gasteiger partial charge in [-0.25, -0.2) is 0 Å². The minimum atomic E-state index is -0.475. The molecule has 0 bridgehead atoms. The van der Waals surface area contributed by atoms with Crippen LogP contribution >= 0.6 is 0 Å². The molecule has 0 radical (unpaired) electrons. The van der Waals surface area contributed by atoms with Crippen LogP contribution in [0.15, 0.2) is 11.6 Å². The van der Waals surface area contributed by atoms with Crippen molar-refractivity contribution in [3.8, 4) is 0 Å². The highest BCUT2D eigenvalue weighted by Gasteiger charge is 2.41. The summed E-state index contributed by atoms with van der Waals surface area (Å²) in [7, 11) is 0. The van der Waals surface area contributed by atoms with E-state index in [-0.39, 0.29) is 0 Å². The van der Waals surface area contributed by atoms with Crippen LogP contribution < -0.4 is 0 Å². The Morgan fingerprint density at radius 2 is 1.93 bits per heavy atom. The van der Waals surface area contributed by atoms with Crippen LogP contribution in [0.4, 0.5) is 0 Å². The fourth-order valence-corrected chi connectivity index (χ4v) is 2.56. The van der Waals surface area contributed by atoms with Crippen molar-refractivity contribution in [3.63, 3.8) is 0 Å². The molecule has 80 valence electrons. The number of rotatable bonds is 2. The maximum Gasteiger partial charge on any atom is 0.0856 e. The van der Waals surface area contributed by atoms with E-state index in [1.165, 1.54) is 50.5 Å². The molecule has 2 aliphatic carbocycles. The lowest BCUT2D eigenvalue weighted by molar-refractivity contribution is 0.0702. The standard InChI is InChI=1S/C13H22O/c1-13(14,12-9-10-12)11-7-5-3-2-4-6-8-11/h7,12,14H,2-6,8-10H2,1H3/b11-7+. The second-order valence-corrected chi connectivity index (χ2v) is 5.10. The monoisotopic (exact) mass is 194 g/mol. The fourth-order valence-electron chi connectivity index (χ4n) is 2.56. The largest absolute Gasteiger partial charge is 0.386 e. The van der Waals surface area contributed by atoms with Gasteiger partial charge < -0.3 is 5.11 Å². The first-order valence-corrected chi connectivity index (χ1v) is 6.13. The third-order valence-corrected chi connectivity index (χ3v) is 3.81. The molecule has 1 nitrogen and oxygen atoms in total. The quantitative estimate of drug-likeness (QED) is 0.668. The zero-order chi connectivity index (χ0) is 10.0. The summed E-state index contributed by atoms with van der Waals surface area (Å²) in [4.78, 5) is 0. The van der Waals surface area contributed by atoms with Crippen LogP contribution in [-0.2, 0) is 0 Å². The third kappa shape index (κ3) is 2.20. The van der Waals surface area contributed by atoms with Gasteiger partial charge in [0.25, 0.3) is 0 Å². The Kier molecular flexibility index (Phi) is 2.96. The van der Waals surface area contributed by atoms with Crippen LogP contribution in [0.1, 0.15) is 58.3 Å². The van der Waals surface area contributed by atoms with Gasteiger partial charge >= 0.3 is 0 Å². The second kappa shape index (κ2) is 4.06. The van der Waals surface area contributed by atoms with Crippen molar-refractivity contribution in [2.75, 3.05) is 0 Å². The van der Waals surface area contributed by atoms with Crippen molar-refractivity contribution in [2.24, 2.45) is 5.92 Å². The molecule has 0 aromatic rings. The minimum absolute atomic E-state index is 0.475. The van der Waals surface area contributed by atoms with Gasteiger partial charge in [0.2, 0.25) is 0 Å². The molecule has 0 heterocycles. The summed E-state index contributed by atoms with van der Waals surface area (Å²) in [6.45, 7) is 2.03. The highest BCUT2D eigenvalue weighted by atomic mass is 16.3. The lowest BCUT2D eigenvalue weighted by Crippen LogP contribution is -2.30. The highest BCUT2D eigenvalue weighted by Crippen LogP contribution is 2.45. The molecule has 0 aromatic heterocycles. The molecular formula is C13H22O. The van der Waals surface area contributed by atoms with Crippen molar-refractivity contribution in [1.29, 1.82) is 0 Å². The number of hydrogen-bond acceptors (Lipinski definition) is 1. The van der Waals surface area contributed by atoms with E-state index in [1.54, 1.807) is 0 Å². The predicted molar refractivity (Wildman–Crippen MR) is 59.1 cm³/mol. The third-order valence-electron chi connectivity index (χ3n) is 3.81. The first-order valence-electron chi connectivity index (χ1n) is 6.13. The maximum atomic E-state index is 10.4. The molecule has 1 fully saturated rings. The fraction of sp³-hybridized carbons (Fsp3) is 0.846. The molecular weight excluding hydrogens is 172 g/mol. The summed E-state index contributed by atoms with van der Waals surface area (Å²) in [5, 5.41) is 10.4. The number of hydrogen-bond donors (Lipinski definition) is 1. The lowest BCUT2D eigenvalue weighted by Gasteiger charge is -2.28. The Bertz CT molecular complexity index is 223. The van der Waals surface area contributed by atoms with Gasteiger partial charge in [0.15, 0.2) is 0 Å². The minimum Gasteiger partial charge on any atom is -0.386 e. The first-order chi connectivity index (χ1) is 6.71. The van der Waals surface area contributed by atoms with Gasteiger partial charge in [-0.15, -0.1) is 0 Å². The summed E-state index contributed by atoms with van der Waals surface area (Å²) in [6, 6.07) is 0. The van der Waals surface area contributed by atoms with Gasteiger partial charge in [-0.2, -0.15) is 0 Å².